The molecule has 0 fully saturated rings. The third-order valence-electron chi connectivity index (χ3n) is 4.31. The van der Waals surface area contributed by atoms with E-state index in [9.17, 15) is 10.1 Å². The molecule has 0 aliphatic rings. The molecule has 0 aliphatic carbocycles. The van der Waals surface area contributed by atoms with E-state index in [0.717, 1.165) is 5.56 Å². The van der Waals surface area contributed by atoms with Crippen LogP contribution in [0.5, 0.6) is 5.88 Å². The number of pyridine rings is 2. The highest BCUT2D eigenvalue weighted by Gasteiger charge is 2.19. The summed E-state index contributed by atoms with van der Waals surface area (Å²) in [7, 11) is 1.58. The molecular weight excluding hydrogens is 342 g/mol. The first-order valence-electron chi connectivity index (χ1n) is 8.43. The number of benzene rings is 1. The molecular formula is C20H15N5O2. The van der Waals surface area contributed by atoms with Gasteiger partial charge in [0.2, 0.25) is 5.88 Å². The number of nitrogens with zero attached hydrogens (tertiary/aromatic N) is 5. The Morgan fingerprint density at radius 3 is 2.67 bits per heavy atom. The normalized spacial score (nSPS) is 10.9. The van der Waals surface area contributed by atoms with E-state index < -0.39 is 0 Å². The summed E-state index contributed by atoms with van der Waals surface area (Å²) in [5.41, 5.74) is 2.40. The zero-order valence-corrected chi connectivity index (χ0v) is 14.8. The molecule has 3 heterocycles. The first kappa shape index (κ1) is 16.7. The Hall–Kier alpha value is -3.79. The summed E-state index contributed by atoms with van der Waals surface area (Å²) in [4.78, 5) is 21.4. The van der Waals surface area contributed by atoms with E-state index in [-0.39, 0.29) is 11.4 Å². The highest BCUT2D eigenvalue weighted by Crippen LogP contribution is 2.36. The molecule has 7 heteroatoms. The first-order valence-corrected chi connectivity index (χ1v) is 8.43. The average molecular weight is 357 g/mol. The minimum absolute atomic E-state index is 0.231. The molecule has 0 spiro atoms. The van der Waals surface area contributed by atoms with Gasteiger partial charge in [-0.05, 0) is 18.6 Å². The first-order chi connectivity index (χ1) is 13.1. The number of fused-ring (bicyclic) bond motifs is 2. The summed E-state index contributed by atoms with van der Waals surface area (Å²) in [6.07, 6.45) is 1.53. The van der Waals surface area contributed by atoms with Crippen molar-refractivity contribution in [3.63, 3.8) is 0 Å². The standard InChI is InChI=1S/C20H15N5O2/c1-3-27-19-15(10-21)17(12-7-5-4-6-8-12)14-9-13-16(23-18(14)24-19)11-22-25(2)20(13)26/h4-9,11H,3H2,1-2H3. The maximum atomic E-state index is 12.5. The lowest BCUT2D eigenvalue weighted by Gasteiger charge is -2.13. The van der Waals surface area contributed by atoms with Crippen LogP contribution in [0.2, 0.25) is 0 Å². The van der Waals surface area contributed by atoms with Gasteiger partial charge in [-0.1, -0.05) is 30.3 Å². The van der Waals surface area contributed by atoms with Crippen LogP contribution in [-0.2, 0) is 7.05 Å². The van der Waals surface area contributed by atoms with E-state index in [0.29, 0.717) is 39.7 Å². The number of ether oxygens (including phenoxy) is 1. The van der Waals surface area contributed by atoms with Crippen LogP contribution in [0.3, 0.4) is 0 Å². The highest BCUT2D eigenvalue weighted by molar-refractivity contribution is 6.01. The van der Waals surface area contributed by atoms with Crippen LogP contribution in [0.15, 0.2) is 47.4 Å². The quantitative estimate of drug-likeness (QED) is 0.523. The summed E-state index contributed by atoms with van der Waals surface area (Å²) in [5.74, 6) is 0.231. The molecule has 0 saturated heterocycles. The fraction of sp³-hybridized carbons (Fsp3) is 0.150. The van der Waals surface area contributed by atoms with E-state index in [1.165, 1.54) is 10.9 Å². The topological polar surface area (TPSA) is 93.7 Å². The molecule has 27 heavy (non-hydrogen) atoms. The van der Waals surface area contributed by atoms with Crippen molar-refractivity contribution in [2.24, 2.45) is 7.05 Å². The van der Waals surface area contributed by atoms with Gasteiger partial charge in [0.25, 0.3) is 5.56 Å². The number of rotatable bonds is 3. The monoisotopic (exact) mass is 357 g/mol. The summed E-state index contributed by atoms with van der Waals surface area (Å²) >= 11 is 0. The summed E-state index contributed by atoms with van der Waals surface area (Å²) in [6.45, 7) is 2.20. The van der Waals surface area contributed by atoms with Crippen LogP contribution in [0, 0.1) is 11.3 Å². The molecule has 0 amide bonds. The van der Waals surface area contributed by atoms with Crippen molar-refractivity contribution in [1.82, 2.24) is 19.7 Å². The number of hydrogen-bond acceptors (Lipinski definition) is 6. The maximum Gasteiger partial charge on any atom is 0.275 e. The van der Waals surface area contributed by atoms with Gasteiger partial charge in [0.1, 0.15) is 11.6 Å². The van der Waals surface area contributed by atoms with Gasteiger partial charge in [0, 0.05) is 18.0 Å². The maximum absolute atomic E-state index is 12.5. The third kappa shape index (κ3) is 2.68. The van der Waals surface area contributed by atoms with Gasteiger partial charge in [-0.3, -0.25) is 4.79 Å². The van der Waals surface area contributed by atoms with E-state index >= 15 is 0 Å². The number of aryl methyl sites for hydroxylation is 1. The molecule has 3 aromatic heterocycles. The van der Waals surface area contributed by atoms with Crippen LogP contribution in [0.4, 0.5) is 0 Å². The van der Waals surface area contributed by atoms with Gasteiger partial charge in [-0.15, -0.1) is 0 Å². The van der Waals surface area contributed by atoms with E-state index in [1.807, 2.05) is 37.3 Å². The van der Waals surface area contributed by atoms with Gasteiger partial charge < -0.3 is 4.74 Å². The van der Waals surface area contributed by atoms with Crippen LogP contribution in [-0.4, -0.2) is 26.4 Å². The smallest absolute Gasteiger partial charge is 0.275 e. The summed E-state index contributed by atoms with van der Waals surface area (Å²) in [6, 6.07) is 13.4. The van der Waals surface area contributed by atoms with E-state index in [2.05, 4.69) is 21.1 Å². The molecule has 4 rings (SSSR count). The van der Waals surface area contributed by atoms with Crippen molar-refractivity contribution in [1.29, 1.82) is 5.26 Å². The lowest BCUT2D eigenvalue weighted by molar-refractivity contribution is 0.327. The van der Waals surface area contributed by atoms with Gasteiger partial charge in [-0.2, -0.15) is 15.3 Å². The Morgan fingerprint density at radius 2 is 1.96 bits per heavy atom. The summed E-state index contributed by atoms with van der Waals surface area (Å²) < 4.78 is 6.85. The van der Waals surface area contributed by atoms with Gasteiger partial charge in [-0.25, -0.2) is 9.67 Å². The minimum Gasteiger partial charge on any atom is -0.477 e. The van der Waals surface area contributed by atoms with Crippen LogP contribution in [0.1, 0.15) is 12.5 Å². The van der Waals surface area contributed by atoms with Crippen LogP contribution in [0.25, 0.3) is 33.1 Å². The number of hydrogen-bond donors (Lipinski definition) is 0. The molecule has 0 saturated carbocycles. The predicted molar refractivity (Wildman–Crippen MR) is 101 cm³/mol. The second-order valence-electron chi connectivity index (χ2n) is 5.94. The lowest BCUT2D eigenvalue weighted by Crippen LogP contribution is -2.19. The highest BCUT2D eigenvalue weighted by atomic mass is 16.5. The van der Waals surface area contributed by atoms with Crippen molar-refractivity contribution in [3.05, 3.63) is 58.5 Å². The van der Waals surface area contributed by atoms with Gasteiger partial charge >= 0.3 is 0 Å². The fourth-order valence-electron chi connectivity index (χ4n) is 3.07. The molecule has 7 nitrogen and oxygen atoms in total. The largest absolute Gasteiger partial charge is 0.477 e. The Kier molecular flexibility index (Phi) is 4.01. The number of nitriles is 1. The number of aromatic nitrogens is 4. The zero-order valence-electron chi connectivity index (χ0n) is 14.8. The SMILES string of the molecule is CCOc1nc2nc3cnn(C)c(=O)c3cc2c(-c2ccccc2)c1C#N. The summed E-state index contributed by atoms with van der Waals surface area (Å²) in [5, 5.41) is 14.9. The zero-order chi connectivity index (χ0) is 19.0. The van der Waals surface area contributed by atoms with Crippen molar-refractivity contribution < 1.29 is 4.74 Å². The van der Waals surface area contributed by atoms with Crippen molar-refractivity contribution in [2.45, 2.75) is 6.92 Å². The fourth-order valence-corrected chi connectivity index (χ4v) is 3.07. The molecule has 0 radical (unpaired) electrons. The Bertz CT molecular complexity index is 1270. The molecule has 0 N–H and O–H groups in total. The molecule has 0 atom stereocenters. The van der Waals surface area contributed by atoms with Crippen molar-refractivity contribution in [3.8, 4) is 23.1 Å². The third-order valence-corrected chi connectivity index (χ3v) is 4.31. The van der Waals surface area contributed by atoms with Gasteiger partial charge in [0.15, 0.2) is 5.65 Å². The predicted octanol–water partition coefficient (Wildman–Crippen LogP) is 2.81. The molecule has 0 bridgehead atoms. The Morgan fingerprint density at radius 1 is 1.19 bits per heavy atom. The lowest BCUT2D eigenvalue weighted by atomic mass is 9.97. The Labute approximate surface area is 154 Å². The van der Waals surface area contributed by atoms with Crippen LogP contribution < -0.4 is 10.3 Å². The second kappa shape index (κ2) is 6.50. The Balaban J connectivity index is 2.21. The molecule has 1 aromatic carbocycles. The van der Waals surface area contributed by atoms with E-state index in [1.54, 1.807) is 13.1 Å². The average Bonchev–Trinajstić information content (AvgIpc) is 2.70. The molecule has 0 unspecified atom stereocenters. The molecule has 0 aliphatic heterocycles. The van der Waals surface area contributed by atoms with Crippen molar-refractivity contribution in [2.75, 3.05) is 6.61 Å². The molecule has 4 aromatic rings. The van der Waals surface area contributed by atoms with Gasteiger partial charge in [0.05, 0.1) is 23.7 Å². The van der Waals surface area contributed by atoms with E-state index in [4.69, 9.17) is 4.74 Å². The molecule has 132 valence electrons. The van der Waals surface area contributed by atoms with Crippen LogP contribution >= 0.6 is 0 Å². The minimum atomic E-state index is -0.256. The second-order valence-corrected chi connectivity index (χ2v) is 5.94. The van der Waals surface area contributed by atoms with Crippen molar-refractivity contribution >= 4 is 21.9 Å².